The van der Waals surface area contributed by atoms with Gasteiger partial charge >= 0.3 is 0 Å². The highest BCUT2D eigenvalue weighted by Crippen LogP contribution is 2.32. The highest BCUT2D eigenvalue weighted by molar-refractivity contribution is 6.33. The predicted molar refractivity (Wildman–Crippen MR) is 170 cm³/mol. The van der Waals surface area contributed by atoms with Gasteiger partial charge in [0, 0.05) is 66.3 Å². The van der Waals surface area contributed by atoms with E-state index in [9.17, 15) is 4.79 Å². The lowest BCUT2D eigenvalue weighted by Crippen LogP contribution is -2.29. The molecule has 0 spiro atoms. The summed E-state index contributed by atoms with van der Waals surface area (Å²) in [4.78, 5) is 36.2. The number of fused-ring (bicyclic) bond motifs is 1. The molecule has 5 aromatic rings. The molecular weight excluding hydrogens is 548 g/mol. The number of nitrogens with zero attached hydrogens (tertiary/aromatic N) is 7. The number of likely N-dealkylation sites (tertiary alicyclic amines) is 1. The van der Waals surface area contributed by atoms with Crippen molar-refractivity contribution >= 4 is 40.1 Å². The van der Waals surface area contributed by atoms with Crippen molar-refractivity contribution in [3.8, 4) is 22.5 Å². The Bertz CT molecular complexity index is 1810. The minimum absolute atomic E-state index is 0.211. The van der Waals surface area contributed by atoms with Crippen molar-refractivity contribution < 1.29 is 0 Å². The fraction of sp³-hybridized carbons (Fsp3) is 0.281. The number of aryl methyl sites for hydroxylation is 1. The predicted octanol–water partition coefficient (Wildman–Crippen LogP) is 5.72. The largest absolute Gasteiger partial charge is 0.363 e. The second kappa shape index (κ2) is 11.5. The highest BCUT2D eigenvalue weighted by Gasteiger charge is 2.19. The van der Waals surface area contributed by atoms with E-state index in [4.69, 9.17) is 11.6 Å². The van der Waals surface area contributed by atoms with Crippen LogP contribution in [0.5, 0.6) is 0 Å². The van der Waals surface area contributed by atoms with Crippen molar-refractivity contribution in [2.24, 2.45) is 7.05 Å². The van der Waals surface area contributed by atoms with Gasteiger partial charge in [0.05, 0.1) is 0 Å². The number of rotatable bonds is 6. The van der Waals surface area contributed by atoms with Crippen molar-refractivity contribution in [3.05, 3.63) is 87.9 Å². The van der Waals surface area contributed by atoms with E-state index in [2.05, 4.69) is 61.5 Å². The summed E-state index contributed by atoms with van der Waals surface area (Å²) < 4.78 is 1.53. The molecule has 0 amide bonds. The Labute approximate surface area is 249 Å². The van der Waals surface area contributed by atoms with Gasteiger partial charge in [-0.1, -0.05) is 23.7 Å². The molecule has 1 fully saturated rings. The van der Waals surface area contributed by atoms with Gasteiger partial charge in [-0.3, -0.25) is 9.36 Å². The minimum Gasteiger partial charge on any atom is -0.363 e. The van der Waals surface area contributed by atoms with E-state index in [0.717, 1.165) is 35.5 Å². The van der Waals surface area contributed by atoms with E-state index in [1.54, 1.807) is 31.6 Å². The SMILES string of the molecule is CN1CCC(c2ccc(Nc3ncc4cc(-c5cc(-c6nccc(N(C)C)n6)ccc5Cl)c(=O)n(C)c4n3)cc2)CC1. The van der Waals surface area contributed by atoms with Crippen LogP contribution in [0.3, 0.4) is 0 Å². The second-order valence-corrected chi connectivity index (χ2v) is 11.5. The molecule has 0 unspecified atom stereocenters. The summed E-state index contributed by atoms with van der Waals surface area (Å²) in [7, 11) is 7.74. The van der Waals surface area contributed by atoms with E-state index in [0.29, 0.717) is 39.5 Å². The normalized spacial score (nSPS) is 14.3. The van der Waals surface area contributed by atoms with Gasteiger partial charge in [0.15, 0.2) is 5.82 Å². The first-order valence-electron chi connectivity index (χ1n) is 14.0. The maximum absolute atomic E-state index is 13.6. The Morgan fingerprint density at radius 3 is 2.43 bits per heavy atom. The molecule has 3 aromatic heterocycles. The Hall–Kier alpha value is -4.34. The highest BCUT2D eigenvalue weighted by atomic mass is 35.5. The molecule has 0 bridgehead atoms. The first-order valence-corrected chi connectivity index (χ1v) is 14.4. The summed E-state index contributed by atoms with van der Waals surface area (Å²) in [5.74, 6) is 2.36. The van der Waals surface area contributed by atoms with Crippen molar-refractivity contribution in [1.29, 1.82) is 0 Å². The lowest BCUT2D eigenvalue weighted by molar-refractivity contribution is 0.255. The molecule has 2 aromatic carbocycles. The van der Waals surface area contributed by atoms with Gasteiger partial charge in [-0.2, -0.15) is 4.98 Å². The molecule has 9 nitrogen and oxygen atoms in total. The smallest absolute Gasteiger partial charge is 0.259 e. The van der Waals surface area contributed by atoms with Gasteiger partial charge in [-0.05, 0) is 86.9 Å². The van der Waals surface area contributed by atoms with Crippen LogP contribution in [0.25, 0.3) is 33.5 Å². The number of hydrogen-bond donors (Lipinski definition) is 1. The average Bonchev–Trinajstić information content (AvgIpc) is 3.00. The molecule has 1 N–H and O–H groups in total. The van der Waals surface area contributed by atoms with Crippen molar-refractivity contribution in [2.45, 2.75) is 18.8 Å². The summed E-state index contributed by atoms with van der Waals surface area (Å²) in [6.45, 7) is 2.26. The maximum Gasteiger partial charge on any atom is 0.259 e. The molecule has 1 aliphatic rings. The van der Waals surface area contributed by atoms with Crippen molar-refractivity contribution in [2.75, 3.05) is 44.4 Å². The van der Waals surface area contributed by atoms with Gasteiger partial charge in [-0.15, -0.1) is 0 Å². The molecule has 6 rings (SSSR count). The zero-order chi connectivity index (χ0) is 29.4. The fourth-order valence-corrected chi connectivity index (χ4v) is 5.64. The number of aromatic nitrogens is 5. The van der Waals surface area contributed by atoms with E-state index in [1.807, 2.05) is 37.2 Å². The molecule has 10 heteroatoms. The van der Waals surface area contributed by atoms with Gasteiger partial charge in [0.2, 0.25) is 5.95 Å². The number of pyridine rings is 1. The maximum atomic E-state index is 13.6. The van der Waals surface area contributed by atoms with Gasteiger partial charge in [-0.25, -0.2) is 15.0 Å². The summed E-state index contributed by atoms with van der Waals surface area (Å²) in [6, 6.07) is 17.6. The van der Waals surface area contributed by atoms with Crippen LogP contribution in [0.4, 0.5) is 17.5 Å². The van der Waals surface area contributed by atoms with Crippen LogP contribution < -0.4 is 15.8 Å². The van der Waals surface area contributed by atoms with E-state index < -0.39 is 0 Å². The molecule has 42 heavy (non-hydrogen) atoms. The summed E-state index contributed by atoms with van der Waals surface area (Å²) in [5.41, 5.74) is 4.39. The molecule has 0 aliphatic carbocycles. The van der Waals surface area contributed by atoms with Crippen molar-refractivity contribution in [1.82, 2.24) is 29.4 Å². The Morgan fingerprint density at radius 2 is 1.69 bits per heavy atom. The number of anilines is 3. The van der Waals surface area contributed by atoms with Crippen LogP contribution in [-0.4, -0.2) is 63.6 Å². The molecule has 214 valence electrons. The van der Waals surface area contributed by atoms with Crippen LogP contribution in [0.15, 0.2) is 71.8 Å². The van der Waals surface area contributed by atoms with E-state index >= 15 is 0 Å². The van der Waals surface area contributed by atoms with Crippen molar-refractivity contribution in [3.63, 3.8) is 0 Å². The number of hydrogen-bond acceptors (Lipinski definition) is 8. The van der Waals surface area contributed by atoms with Crippen LogP contribution in [0.2, 0.25) is 5.02 Å². The van der Waals surface area contributed by atoms with Crippen LogP contribution >= 0.6 is 11.6 Å². The van der Waals surface area contributed by atoms with Gasteiger partial charge < -0.3 is 15.1 Å². The van der Waals surface area contributed by atoms with Crippen LogP contribution in [0, 0.1) is 0 Å². The van der Waals surface area contributed by atoms with Gasteiger partial charge in [0.1, 0.15) is 11.5 Å². The third kappa shape index (κ3) is 5.57. The first-order chi connectivity index (χ1) is 20.3. The van der Waals surface area contributed by atoms with Gasteiger partial charge in [0.25, 0.3) is 5.56 Å². The second-order valence-electron chi connectivity index (χ2n) is 11.0. The summed E-state index contributed by atoms with van der Waals surface area (Å²) in [5, 5.41) is 4.47. The topological polar surface area (TPSA) is 92.1 Å². The molecule has 0 radical (unpaired) electrons. The molecule has 1 aliphatic heterocycles. The zero-order valence-electron chi connectivity index (χ0n) is 24.2. The quantitative estimate of drug-likeness (QED) is 0.272. The van der Waals surface area contributed by atoms with E-state index in [-0.39, 0.29) is 5.56 Å². The Morgan fingerprint density at radius 1 is 0.929 bits per heavy atom. The Kier molecular flexibility index (Phi) is 7.62. The monoisotopic (exact) mass is 580 g/mol. The standard InChI is InChI=1S/C32H33ClN8O/c1-39(2)28-11-14-34-29(37-28)22-7-10-27(33)25(17-22)26-18-23-19-35-32(38-30(23)41(4)31(26)42)36-24-8-5-20(6-9-24)21-12-15-40(3)16-13-21/h5-11,14,17-19,21H,12-13,15-16H2,1-4H3,(H,35,36,38). The third-order valence-corrected chi connectivity index (χ3v) is 8.25. The molecule has 4 heterocycles. The van der Waals surface area contributed by atoms with Crippen LogP contribution in [-0.2, 0) is 7.05 Å². The lowest BCUT2D eigenvalue weighted by atomic mass is 9.89. The third-order valence-electron chi connectivity index (χ3n) is 7.92. The zero-order valence-corrected chi connectivity index (χ0v) is 24.9. The number of piperidine rings is 1. The van der Waals surface area contributed by atoms with E-state index in [1.165, 1.54) is 23.0 Å². The molecule has 0 atom stereocenters. The summed E-state index contributed by atoms with van der Waals surface area (Å²) >= 11 is 6.62. The fourth-order valence-electron chi connectivity index (χ4n) is 5.42. The molecular formula is C32H33ClN8O. The minimum atomic E-state index is -0.211. The number of benzene rings is 2. The van der Waals surface area contributed by atoms with Crippen LogP contribution in [0.1, 0.15) is 24.3 Å². The molecule has 0 saturated carbocycles. The molecule has 1 saturated heterocycles. The number of nitrogens with one attached hydrogen (secondary N) is 1. The Balaban J connectivity index is 1.29. The first kappa shape index (κ1) is 27.8. The lowest BCUT2D eigenvalue weighted by Gasteiger charge is -2.29. The number of halogens is 1. The summed E-state index contributed by atoms with van der Waals surface area (Å²) in [6.07, 6.45) is 5.80. The average molecular weight is 581 g/mol.